The summed E-state index contributed by atoms with van der Waals surface area (Å²) >= 11 is 1.37. The highest BCUT2D eigenvalue weighted by Gasteiger charge is 2.09. The molecule has 26 heavy (non-hydrogen) atoms. The lowest BCUT2D eigenvalue weighted by Gasteiger charge is -2.09. The van der Waals surface area contributed by atoms with Gasteiger partial charge in [-0.05, 0) is 18.1 Å². The highest BCUT2D eigenvalue weighted by Crippen LogP contribution is 2.26. The second-order valence-corrected chi connectivity index (χ2v) is 6.46. The van der Waals surface area contributed by atoms with Crippen LogP contribution in [0.5, 0.6) is 6.01 Å². The normalized spacial score (nSPS) is 10.3. The lowest BCUT2D eigenvalue weighted by molar-refractivity contribution is 0.111. The van der Waals surface area contributed by atoms with E-state index in [1.807, 2.05) is 23.6 Å². The van der Waals surface area contributed by atoms with Crippen LogP contribution in [0.3, 0.4) is 0 Å². The molecule has 6 nitrogen and oxygen atoms in total. The molecule has 0 spiro atoms. The first-order chi connectivity index (χ1) is 12.7. The Bertz CT molecular complexity index is 907. The lowest BCUT2D eigenvalue weighted by atomic mass is 10.1. The summed E-state index contributed by atoms with van der Waals surface area (Å²) in [6, 6.07) is 11.4. The molecule has 3 rings (SSSR count). The van der Waals surface area contributed by atoms with Gasteiger partial charge in [-0.1, -0.05) is 24.3 Å². The first-order valence-corrected chi connectivity index (χ1v) is 8.85. The molecule has 132 valence electrons. The zero-order valence-corrected chi connectivity index (χ0v) is 15.0. The molecule has 2 aromatic heterocycles. The molecule has 0 unspecified atom stereocenters. The van der Waals surface area contributed by atoms with Gasteiger partial charge < -0.3 is 10.1 Å². The smallest absolute Gasteiger partial charge is 0.318 e. The highest BCUT2D eigenvalue weighted by atomic mass is 32.1. The Morgan fingerprint density at radius 3 is 2.58 bits per heavy atom. The zero-order chi connectivity index (χ0) is 18.4. The van der Waals surface area contributed by atoms with Crippen molar-refractivity contribution in [3.05, 3.63) is 57.8 Å². The number of hydrogen-bond donors (Lipinski definition) is 1. The highest BCUT2D eigenvalue weighted by molar-refractivity contribution is 7.12. The molecule has 0 aliphatic rings. The number of nitrogens with zero attached hydrogens (tertiary/aromatic N) is 2. The zero-order valence-electron chi connectivity index (χ0n) is 14.1. The van der Waals surface area contributed by atoms with Crippen LogP contribution in [-0.2, 0) is 6.42 Å². The molecule has 0 radical (unpaired) electrons. The summed E-state index contributed by atoms with van der Waals surface area (Å²) < 4.78 is 5.18. The predicted molar refractivity (Wildman–Crippen MR) is 101 cm³/mol. The summed E-state index contributed by atoms with van der Waals surface area (Å²) in [7, 11) is 1.52. The topological polar surface area (TPSA) is 81.2 Å². The molecule has 1 aromatic carbocycles. The standard InChI is InChI=1S/C19H17N3O3S/c1-25-19-21-17(15-8-16(11-24)26-12-15)9-18(22-19)20-7-6-13-2-4-14(10-23)5-3-13/h2-5,8-12H,6-7H2,1H3,(H,20,21,22). The molecule has 0 saturated heterocycles. The van der Waals surface area contributed by atoms with Crippen molar-refractivity contribution < 1.29 is 14.3 Å². The van der Waals surface area contributed by atoms with Crippen molar-refractivity contribution in [2.75, 3.05) is 19.0 Å². The van der Waals surface area contributed by atoms with E-state index in [2.05, 4.69) is 15.3 Å². The minimum atomic E-state index is 0.263. The SMILES string of the molecule is COc1nc(NCCc2ccc(C=O)cc2)cc(-c2csc(C=O)c2)n1. The van der Waals surface area contributed by atoms with Crippen LogP contribution in [0.25, 0.3) is 11.3 Å². The predicted octanol–water partition coefficient (Wildman–Crippen LogP) is 3.49. The van der Waals surface area contributed by atoms with Gasteiger partial charge in [-0.25, -0.2) is 0 Å². The molecule has 0 aliphatic carbocycles. The van der Waals surface area contributed by atoms with Crippen molar-refractivity contribution >= 4 is 29.7 Å². The molecule has 7 heteroatoms. The van der Waals surface area contributed by atoms with Crippen LogP contribution in [0.2, 0.25) is 0 Å². The van der Waals surface area contributed by atoms with Crippen molar-refractivity contribution in [2.45, 2.75) is 6.42 Å². The van der Waals surface area contributed by atoms with E-state index in [0.717, 1.165) is 30.1 Å². The van der Waals surface area contributed by atoms with Gasteiger partial charge in [-0.2, -0.15) is 9.97 Å². The number of ether oxygens (including phenoxy) is 1. The van der Waals surface area contributed by atoms with E-state index >= 15 is 0 Å². The van der Waals surface area contributed by atoms with Crippen molar-refractivity contribution in [1.82, 2.24) is 9.97 Å². The second-order valence-electron chi connectivity index (χ2n) is 5.52. The Balaban J connectivity index is 1.71. The van der Waals surface area contributed by atoms with Gasteiger partial charge >= 0.3 is 6.01 Å². The number of carbonyl (C=O) groups excluding carboxylic acids is 2. The van der Waals surface area contributed by atoms with Crippen molar-refractivity contribution in [1.29, 1.82) is 0 Å². The maximum absolute atomic E-state index is 10.9. The summed E-state index contributed by atoms with van der Waals surface area (Å²) in [5.74, 6) is 0.648. The Morgan fingerprint density at radius 1 is 1.12 bits per heavy atom. The maximum atomic E-state index is 10.9. The molecule has 0 atom stereocenters. The number of aromatic nitrogens is 2. The number of rotatable bonds is 8. The molecule has 1 N–H and O–H groups in total. The molecule has 0 saturated carbocycles. The third-order valence-corrected chi connectivity index (χ3v) is 4.61. The maximum Gasteiger partial charge on any atom is 0.318 e. The van der Waals surface area contributed by atoms with Crippen LogP contribution < -0.4 is 10.1 Å². The van der Waals surface area contributed by atoms with Crippen LogP contribution >= 0.6 is 11.3 Å². The largest absolute Gasteiger partial charge is 0.467 e. The van der Waals surface area contributed by atoms with Gasteiger partial charge in [0.05, 0.1) is 17.7 Å². The van der Waals surface area contributed by atoms with E-state index in [1.54, 1.807) is 18.2 Å². The van der Waals surface area contributed by atoms with Crippen molar-refractivity contribution in [3.63, 3.8) is 0 Å². The van der Waals surface area contributed by atoms with Crippen LogP contribution in [0.15, 0.2) is 41.8 Å². The average molecular weight is 367 g/mol. The molecular weight excluding hydrogens is 350 g/mol. The monoisotopic (exact) mass is 367 g/mol. The van der Waals surface area contributed by atoms with E-state index < -0.39 is 0 Å². The van der Waals surface area contributed by atoms with Crippen molar-refractivity contribution in [3.8, 4) is 17.3 Å². The van der Waals surface area contributed by atoms with E-state index in [1.165, 1.54) is 18.4 Å². The fourth-order valence-corrected chi connectivity index (χ4v) is 3.10. The third-order valence-electron chi connectivity index (χ3n) is 3.76. The van der Waals surface area contributed by atoms with Crippen LogP contribution in [-0.4, -0.2) is 36.2 Å². The van der Waals surface area contributed by atoms with Crippen LogP contribution in [0.1, 0.15) is 25.6 Å². The summed E-state index contributed by atoms with van der Waals surface area (Å²) in [4.78, 5) is 30.9. The fourth-order valence-electron chi connectivity index (χ4n) is 2.40. The van der Waals surface area contributed by atoms with Gasteiger partial charge in [-0.15, -0.1) is 11.3 Å². The number of aldehydes is 2. The van der Waals surface area contributed by atoms with Crippen molar-refractivity contribution in [2.24, 2.45) is 0 Å². The number of hydrogen-bond acceptors (Lipinski definition) is 7. The van der Waals surface area contributed by atoms with Crippen LogP contribution in [0, 0.1) is 0 Å². The molecule has 0 aliphatic heterocycles. The Morgan fingerprint density at radius 2 is 1.92 bits per heavy atom. The Kier molecular flexibility index (Phi) is 5.70. The van der Waals surface area contributed by atoms with Gasteiger partial charge in [0.25, 0.3) is 0 Å². The van der Waals surface area contributed by atoms with E-state index in [0.29, 0.717) is 28.5 Å². The summed E-state index contributed by atoms with van der Waals surface area (Å²) in [5.41, 5.74) is 3.33. The summed E-state index contributed by atoms with van der Waals surface area (Å²) in [6.45, 7) is 0.670. The summed E-state index contributed by atoms with van der Waals surface area (Å²) in [6.07, 6.45) is 2.44. The lowest BCUT2D eigenvalue weighted by Crippen LogP contribution is -2.08. The number of benzene rings is 1. The van der Waals surface area contributed by atoms with Gasteiger partial charge in [-0.3, -0.25) is 9.59 Å². The van der Waals surface area contributed by atoms with E-state index in [9.17, 15) is 9.59 Å². The molecule has 3 aromatic rings. The van der Waals surface area contributed by atoms with Gasteiger partial charge in [0.2, 0.25) is 0 Å². The number of thiophene rings is 1. The van der Waals surface area contributed by atoms with Gasteiger partial charge in [0.15, 0.2) is 6.29 Å². The number of nitrogens with one attached hydrogen (secondary N) is 1. The Labute approximate surface area is 154 Å². The quantitative estimate of drug-likeness (QED) is 0.614. The minimum Gasteiger partial charge on any atom is -0.467 e. The first-order valence-electron chi connectivity index (χ1n) is 7.97. The van der Waals surface area contributed by atoms with E-state index in [-0.39, 0.29) is 6.01 Å². The minimum absolute atomic E-state index is 0.263. The number of methoxy groups -OCH3 is 1. The molecular formula is C19H17N3O3S. The van der Waals surface area contributed by atoms with Gasteiger partial charge in [0, 0.05) is 29.1 Å². The van der Waals surface area contributed by atoms with Crippen LogP contribution in [0.4, 0.5) is 5.82 Å². The molecule has 0 fully saturated rings. The third kappa shape index (κ3) is 4.31. The molecule has 2 heterocycles. The molecule has 0 amide bonds. The number of carbonyl (C=O) groups is 2. The first kappa shape index (κ1) is 17.8. The Hall–Kier alpha value is -3.06. The summed E-state index contributed by atoms with van der Waals surface area (Å²) in [5, 5.41) is 5.14. The fraction of sp³-hybridized carbons (Fsp3) is 0.158. The van der Waals surface area contributed by atoms with E-state index in [4.69, 9.17) is 4.74 Å². The van der Waals surface area contributed by atoms with Gasteiger partial charge in [0.1, 0.15) is 12.1 Å². The second kappa shape index (κ2) is 8.35. The average Bonchev–Trinajstić information content (AvgIpc) is 3.17. The molecule has 0 bridgehead atoms. The number of anilines is 1.